The number of allylic oxidation sites excluding steroid dienone is 2. The Bertz CT molecular complexity index is 491. The lowest BCUT2D eigenvalue weighted by atomic mass is 10.2. The van der Waals surface area contributed by atoms with E-state index >= 15 is 0 Å². The molecular formula is C14H20ClN3O5. The summed E-state index contributed by atoms with van der Waals surface area (Å²) in [5.74, 6) is -2.51. The van der Waals surface area contributed by atoms with Gasteiger partial charge in [0.1, 0.15) is 5.16 Å². The molecule has 0 aromatic heterocycles. The third-order valence-electron chi connectivity index (χ3n) is 3.13. The number of hydrazine groups is 1. The largest absolute Gasteiger partial charge is 0.478 e. The van der Waals surface area contributed by atoms with Crippen LogP contribution in [0.15, 0.2) is 35.7 Å². The first kappa shape index (κ1) is 19.0. The fraction of sp³-hybridized carbons (Fsp3) is 0.429. The Hall–Kier alpha value is -2.03. The predicted molar refractivity (Wildman–Crippen MR) is 84.1 cm³/mol. The molecule has 0 radical (unpaired) electrons. The molecule has 128 valence electrons. The van der Waals surface area contributed by atoms with Crippen molar-refractivity contribution in [3.05, 3.63) is 35.7 Å². The van der Waals surface area contributed by atoms with Gasteiger partial charge in [-0.1, -0.05) is 11.6 Å². The number of likely N-dealkylation sites (tertiary alicyclic amines) is 1. The number of hydrogen-bond donors (Lipinski definition) is 3. The number of likely N-dealkylation sites (N-methyl/N-ethyl adjacent to an activating group) is 1. The van der Waals surface area contributed by atoms with Crippen molar-refractivity contribution in [1.29, 1.82) is 0 Å². The Labute approximate surface area is 139 Å². The van der Waals surface area contributed by atoms with Crippen LogP contribution in [0.3, 0.4) is 0 Å². The molecule has 2 aliphatic heterocycles. The van der Waals surface area contributed by atoms with E-state index in [0.29, 0.717) is 30.0 Å². The lowest BCUT2D eigenvalue weighted by molar-refractivity contribution is -0.160. The van der Waals surface area contributed by atoms with Crippen LogP contribution >= 0.6 is 11.6 Å². The van der Waals surface area contributed by atoms with E-state index in [-0.39, 0.29) is 0 Å². The van der Waals surface area contributed by atoms with Crippen LogP contribution < -0.4 is 5.43 Å². The van der Waals surface area contributed by atoms with Crippen LogP contribution in [0.1, 0.15) is 12.8 Å². The van der Waals surface area contributed by atoms with Gasteiger partial charge in [-0.2, -0.15) is 5.17 Å². The zero-order chi connectivity index (χ0) is 17.2. The molecule has 9 heteroatoms. The van der Waals surface area contributed by atoms with Gasteiger partial charge in [0.15, 0.2) is 0 Å². The van der Waals surface area contributed by atoms with Crippen molar-refractivity contribution in [3.8, 4) is 0 Å². The van der Waals surface area contributed by atoms with Crippen LogP contribution in [0.5, 0.6) is 0 Å². The average molecular weight is 346 g/mol. The predicted octanol–water partition coefficient (Wildman–Crippen LogP) is 1.14. The van der Waals surface area contributed by atoms with Gasteiger partial charge in [-0.3, -0.25) is 10.3 Å². The van der Waals surface area contributed by atoms with Crippen molar-refractivity contribution in [2.45, 2.75) is 18.9 Å². The number of aliphatic carboxylic acids is 2. The Kier molecular flexibility index (Phi) is 8.17. The van der Waals surface area contributed by atoms with E-state index in [4.69, 9.17) is 26.7 Å². The van der Waals surface area contributed by atoms with E-state index in [1.54, 1.807) is 17.4 Å². The summed E-state index contributed by atoms with van der Waals surface area (Å²) >= 11 is 5.80. The molecule has 2 aliphatic rings. The molecular weight excluding hydrogens is 326 g/mol. The standard InChI is InChI=1S/C10H16ClN3O.C4H4O4/c1-13-6-2-4-9(13)8-15-14-7-3-5-10(11)12-14;5-3(6)1-2-4(7)8/h3,5,7,9,12H,2,4,6,8H2,1H3;1-2H,(H,5,6)(H,7,8)/t9-;/m1./s1. The SMILES string of the molecule is CN1CCC[C@@H]1CON1C=CC=C(Cl)N1.O=C(O)C=CC(=O)O. The second kappa shape index (κ2) is 9.88. The minimum Gasteiger partial charge on any atom is -0.478 e. The fourth-order valence-electron chi connectivity index (χ4n) is 1.96. The van der Waals surface area contributed by atoms with Crippen LogP contribution in [-0.2, 0) is 14.4 Å². The monoisotopic (exact) mass is 345 g/mol. The van der Waals surface area contributed by atoms with Crippen molar-refractivity contribution < 1.29 is 24.6 Å². The maximum absolute atomic E-state index is 9.55. The highest BCUT2D eigenvalue weighted by molar-refractivity contribution is 6.29. The van der Waals surface area contributed by atoms with E-state index in [1.807, 2.05) is 6.08 Å². The van der Waals surface area contributed by atoms with E-state index in [1.165, 1.54) is 12.8 Å². The summed E-state index contributed by atoms with van der Waals surface area (Å²) in [4.78, 5) is 27.0. The molecule has 0 aromatic carbocycles. The molecule has 0 aliphatic carbocycles. The number of hydroxylamine groups is 1. The van der Waals surface area contributed by atoms with Gasteiger partial charge in [-0.05, 0) is 38.6 Å². The quantitative estimate of drug-likeness (QED) is 0.503. The Morgan fingerprint density at radius 3 is 2.57 bits per heavy atom. The highest BCUT2D eigenvalue weighted by Crippen LogP contribution is 2.15. The molecule has 2 heterocycles. The lowest BCUT2D eigenvalue weighted by Crippen LogP contribution is -2.38. The van der Waals surface area contributed by atoms with Crippen LogP contribution in [0, 0.1) is 0 Å². The van der Waals surface area contributed by atoms with Crippen molar-refractivity contribution >= 4 is 23.5 Å². The summed E-state index contributed by atoms with van der Waals surface area (Å²) in [6.07, 6.45) is 9.01. The first-order valence-corrected chi connectivity index (χ1v) is 7.33. The number of carbonyl (C=O) groups is 2. The maximum Gasteiger partial charge on any atom is 0.328 e. The summed E-state index contributed by atoms with van der Waals surface area (Å²) in [7, 11) is 2.13. The summed E-state index contributed by atoms with van der Waals surface area (Å²) in [5, 5.41) is 17.7. The molecule has 0 unspecified atom stereocenters. The Morgan fingerprint density at radius 2 is 2.09 bits per heavy atom. The molecule has 1 fully saturated rings. The average Bonchev–Trinajstić information content (AvgIpc) is 2.89. The smallest absolute Gasteiger partial charge is 0.328 e. The fourth-order valence-corrected chi connectivity index (χ4v) is 2.12. The number of hydrogen-bond acceptors (Lipinski definition) is 6. The summed E-state index contributed by atoms with van der Waals surface area (Å²) in [5.41, 5.74) is 2.89. The van der Waals surface area contributed by atoms with Gasteiger partial charge in [0, 0.05) is 18.2 Å². The molecule has 1 atom stereocenters. The van der Waals surface area contributed by atoms with Crippen molar-refractivity contribution in [1.82, 2.24) is 15.5 Å². The molecule has 0 saturated carbocycles. The van der Waals surface area contributed by atoms with Crippen molar-refractivity contribution in [3.63, 3.8) is 0 Å². The second-order valence-corrected chi connectivity index (χ2v) is 5.28. The summed E-state index contributed by atoms with van der Waals surface area (Å²) in [6, 6.07) is 0.518. The van der Waals surface area contributed by atoms with Gasteiger partial charge in [0.05, 0.1) is 12.8 Å². The summed E-state index contributed by atoms with van der Waals surface area (Å²) in [6.45, 7) is 1.86. The molecule has 0 aromatic rings. The van der Waals surface area contributed by atoms with Crippen molar-refractivity contribution in [2.24, 2.45) is 0 Å². The number of nitrogens with one attached hydrogen (secondary N) is 1. The second-order valence-electron chi connectivity index (χ2n) is 4.88. The topological polar surface area (TPSA) is 102 Å². The Morgan fingerprint density at radius 1 is 1.43 bits per heavy atom. The Balaban J connectivity index is 0.000000284. The zero-order valence-corrected chi connectivity index (χ0v) is 13.4. The van der Waals surface area contributed by atoms with Crippen LogP contribution in [0.25, 0.3) is 0 Å². The van der Waals surface area contributed by atoms with Gasteiger partial charge in [-0.25, -0.2) is 9.59 Å². The van der Waals surface area contributed by atoms with E-state index in [9.17, 15) is 9.59 Å². The van der Waals surface area contributed by atoms with Gasteiger partial charge in [-0.15, -0.1) is 0 Å². The summed E-state index contributed by atoms with van der Waals surface area (Å²) < 4.78 is 0. The molecule has 23 heavy (non-hydrogen) atoms. The third-order valence-corrected chi connectivity index (χ3v) is 3.34. The van der Waals surface area contributed by atoms with Gasteiger partial charge >= 0.3 is 11.9 Å². The minimum atomic E-state index is -1.26. The first-order valence-electron chi connectivity index (χ1n) is 6.95. The van der Waals surface area contributed by atoms with E-state index in [2.05, 4.69) is 17.4 Å². The minimum absolute atomic E-state index is 0.518. The van der Waals surface area contributed by atoms with Crippen LogP contribution in [-0.4, -0.2) is 58.5 Å². The molecule has 0 bridgehead atoms. The normalized spacial score (nSPS) is 20.7. The van der Waals surface area contributed by atoms with E-state index < -0.39 is 11.9 Å². The molecule has 0 amide bonds. The number of nitrogens with zero attached hydrogens (tertiary/aromatic N) is 2. The lowest BCUT2D eigenvalue weighted by Gasteiger charge is -2.26. The number of carboxylic acids is 2. The van der Waals surface area contributed by atoms with Crippen LogP contribution in [0.2, 0.25) is 0 Å². The number of rotatable bonds is 5. The van der Waals surface area contributed by atoms with E-state index in [0.717, 1.165) is 6.54 Å². The first-order chi connectivity index (χ1) is 10.9. The number of carboxylic acid groups (broad SMARTS) is 2. The highest BCUT2D eigenvalue weighted by atomic mass is 35.5. The third kappa shape index (κ3) is 8.24. The number of halogens is 1. The molecule has 0 spiro atoms. The van der Waals surface area contributed by atoms with Gasteiger partial charge in [0.2, 0.25) is 0 Å². The van der Waals surface area contributed by atoms with Crippen LogP contribution in [0.4, 0.5) is 0 Å². The van der Waals surface area contributed by atoms with Gasteiger partial charge < -0.3 is 15.1 Å². The highest BCUT2D eigenvalue weighted by Gasteiger charge is 2.21. The van der Waals surface area contributed by atoms with Gasteiger partial charge in [0.25, 0.3) is 0 Å². The maximum atomic E-state index is 9.55. The molecule has 3 N–H and O–H groups in total. The van der Waals surface area contributed by atoms with Crippen molar-refractivity contribution in [2.75, 3.05) is 20.2 Å². The molecule has 2 rings (SSSR count). The zero-order valence-electron chi connectivity index (χ0n) is 12.7. The molecule has 8 nitrogen and oxygen atoms in total. The molecule has 1 saturated heterocycles.